The molecule has 14 heavy (non-hydrogen) atoms. The summed E-state index contributed by atoms with van der Waals surface area (Å²) < 4.78 is 0. The fourth-order valence-electron chi connectivity index (χ4n) is 0.927. The molecule has 0 heterocycles. The molecule has 4 nitrogen and oxygen atoms in total. The van der Waals surface area contributed by atoms with Gasteiger partial charge in [0.1, 0.15) is 0 Å². The predicted octanol–water partition coefficient (Wildman–Crippen LogP) is 1.15. The monoisotopic (exact) mass is 217 g/mol. The Morgan fingerprint density at radius 3 is 2.50 bits per heavy atom. The molecule has 4 N–H and O–H groups in total. The largest absolute Gasteiger partial charge is 0.393 e. The minimum Gasteiger partial charge on any atom is -0.393 e. The maximum absolute atomic E-state index is 11.0. The van der Waals surface area contributed by atoms with Crippen molar-refractivity contribution in [3.05, 3.63) is 0 Å². The molecule has 0 fully saturated rings. The number of carbonyl (C=O) groups excluding carboxylic acids is 1. The molecule has 0 saturated heterocycles. The number of unbranched alkanes of at least 4 members (excludes halogenated alkanes) is 1. The van der Waals surface area contributed by atoms with E-state index in [-0.39, 0.29) is 6.03 Å². The SMILES string of the molecule is CCCNC(=O)NCCCCC(N)=S. The summed E-state index contributed by atoms with van der Waals surface area (Å²) in [7, 11) is 0. The molecular weight excluding hydrogens is 198 g/mol. The predicted molar refractivity (Wildman–Crippen MR) is 62.3 cm³/mol. The summed E-state index contributed by atoms with van der Waals surface area (Å²) >= 11 is 4.73. The molecule has 0 aliphatic heterocycles. The van der Waals surface area contributed by atoms with Crippen molar-refractivity contribution >= 4 is 23.2 Å². The first kappa shape index (κ1) is 13.2. The van der Waals surface area contributed by atoms with Crippen molar-refractivity contribution in [1.29, 1.82) is 0 Å². The second-order valence-corrected chi connectivity index (χ2v) is 3.63. The molecule has 5 heteroatoms. The number of carbonyl (C=O) groups is 1. The van der Waals surface area contributed by atoms with Gasteiger partial charge >= 0.3 is 6.03 Å². The molecule has 0 aromatic rings. The summed E-state index contributed by atoms with van der Waals surface area (Å²) in [5, 5.41) is 5.49. The first-order valence-corrected chi connectivity index (χ1v) is 5.37. The van der Waals surface area contributed by atoms with Gasteiger partial charge in [-0.1, -0.05) is 19.1 Å². The molecule has 0 unspecified atom stereocenters. The molecule has 0 bridgehead atoms. The van der Waals surface area contributed by atoms with Crippen LogP contribution in [-0.2, 0) is 0 Å². The van der Waals surface area contributed by atoms with E-state index in [9.17, 15) is 4.79 Å². The van der Waals surface area contributed by atoms with E-state index in [1.165, 1.54) is 0 Å². The molecule has 0 aromatic heterocycles. The van der Waals surface area contributed by atoms with Gasteiger partial charge in [0.2, 0.25) is 0 Å². The quantitative estimate of drug-likeness (QED) is 0.443. The zero-order chi connectivity index (χ0) is 10.8. The third-order valence-electron chi connectivity index (χ3n) is 1.67. The molecule has 0 saturated carbocycles. The summed E-state index contributed by atoms with van der Waals surface area (Å²) in [4.78, 5) is 11.6. The molecule has 0 spiro atoms. The van der Waals surface area contributed by atoms with Crippen LogP contribution in [0, 0.1) is 0 Å². The molecule has 2 amide bonds. The lowest BCUT2D eigenvalue weighted by Gasteiger charge is -2.05. The zero-order valence-electron chi connectivity index (χ0n) is 8.64. The molecule has 0 aromatic carbocycles. The van der Waals surface area contributed by atoms with Crippen LogP contribution in [0.2, 0.25) is 0 Å². The van der Waals surface area contributed by atoms with Crippen LogP contribution in [0.5, 0.6) is 0 Å². The Bertz CT molecular complexity index is 185. The van der Waals surface area contributed by atoms with Crippen molar-refractivity contribution in [2.75, 3.05) is 13.1 Å². The maximum atomic E-state index is 11.0. The van der Waals surface area contributed by atoms with Gasteiger partial charge in [0, 0.05) is 13.1 Å². The maximum Gasteiger partial charge on any atom is 0.314 e. The van der Waals surface area contributed by atoms with Crippen molar-refractivity contribution < 1.29 is 4.79 Å². The highest BCUT2D eigenvalue weighted by atomic mass is 32.1. The third-order valence-corrected chi connectivity index (χ3v) is 1.88. The summed E-state index contributed by atoms with van der Waals surface area (Å²) in [5.74, 6) is 0. The van der Waals surface area contributed by atoms with E-state index in [2.05, 4.69) is 10.6 Å². The summed E-state index contributed by atoms with van der Waals surface area (Å²) in [6.45, 7) is 3.42. The molecule has 0 aliphatic carbocycles. The summed E-state index contributed by atoms with van der Waals surface area (Å²) in [6.07, 6.45) is 3.56. The number of thiocarbonyl (C=S) groups is 1. The Balaban J connectivity index is 3.19. The van der Waals surface area contributed by atoms with Crippen molar-refractivity contribution in [2.24, 2.45) is 5.73 Å². The van der Waals surface area contributed by atoms with Gasteiger partial charge in [-0.3, -0.25) is 0 Å². The van der Waals surface area contributed by atoms with E-state index in [0.717, 1.165) is 32.2 Å². The first-order valence-electron chi connectivity index (χ1n) is 4.96. The standard InChI is InChI=1S/C9H19N3OS/c1-2-6-11-9(13)12-7-4-3-5-8(10)14/h2-7H2,1H3,(H2,10,14)(H2,11,12,13). The second-order valence-electron chi connectivity index (χ2n) is 3.11. The molecule has 0 aliphatic rings. The van der Waals surface area contributed by atoms with Crippen molar-refractivity contribution in [3.8, 4) is 0 Å². The fraction of sp³-hybridized carbons (Fsp3) is 0.778. The Kier molecular flexibility index (Phi) is 8.22. The average molecular weight is 217 g/mol. The first-order chi connectivity index (χ1) is 6.66. The molecule has 0 atom stereocenters. The van der Waals surface area contributed by atoms with E-state index < -0.39 is 0 Å². The van der Waals surface area contributed by atoms with Gasteiger partial charge in [0.25, 0.3) is 0 Å². The molecule has 0 rings (SSSR count). The van der Waals surface area contributed by atoms with Crippen LogP contribution in [0.15, 0.2) is 0 Å². The normalized spacial score (nSPS) is 9.50. The number of rotatable bonds is 7. The number of nitrogens with two attached hydrogens (primary N) is 1. The Morgan fingerprint density at radius 2 is 1.93 bits per heavy atom. The number of hydrogen-bond donors (Lipinski definition) is 3. The van der Waals surface area contributed by atoms with Crippen molar-refractivity contribution in [3.63, 3.8) is 0 Å². The number of hydrogen-bond acceptors (Lipinski definition) is 2. The lowest BCUT2D eigenvalue weighted by molar-refractivity contribution is 0.240. The highest BCUT2D eigenvalue weighted by molar-refractivity contribution is 7.80. The van der Waals surface area contributed by atoms with Gasteiger partial charge < -0.3 is 16.4 Å². The van der Waals surface area contributed by atoms with Gasteiger partial charge in [-0.2, -0.15) is 0 Å². The highest BCUT2D eigenvalue weighted by Gasteiger charge is 1.97. The molecule has 0 radical (unpaired) electrons. The minimum atomic E-state index is -0.0952. The van der Waals surface area contributed by atoms with Crippen LogP contribution in [-0.4, -0.2) is 24.1 Å². The van der Waals surface area contributed by atoms with Gasteiger partial charge in [0.05, 0.1) is 4.99 Å². The van der Waals surface area contributed by atoms with E-state index in [4.69, 9.17) is 18.0 Å². The van der Waals surface area contributed by atoms with Crippen LogP contribution in [0.4, 0.5) is 4.79 Å². The van der Waals surface area contributed by atoms with Gasteiger partial charge in [0.15, 0.2) is 0 Å². The van der Waals surface area contributed by atoms with Crippen LogP contribution in [0.25, 0.3) is 0 Å². The third kappa shape index (κ3) is 9.25. The van der Waals surface area contributed by atoms with Crippen molar-refractivity contribution in [1.82, 2.24) is 10.6 Å². The number of amides is 2. The van der Waals surface area contributed by atoms with E-state index >= 15 is 0 Å². The van der Waals surface area contributed by atoms with Crippen LogP contribution < -0.4 is 16.4 Å². The Morgan fingerprint density at radius 1 is 1.29 bits per heavy atom. The lowest BCUT2D eigenvalue weighted by Crippen LogP contribution is -2.36. The van der Waals surface area contributed by atoms with Crippen molar-refractivity contribution in [2.45, 2.75) is 32.6 Å². The molecule has 82 valence electrons. The lowest BCUT2D eigenvalue weighted by atomic mass is 10.2. The fourth-order valence-corrected chi connectivity index (χ4v) is 1.07. The number of urea groups is 1. The van der Waals surface area contributed by atoms with Gasteiger partial charge in [-0.05, 0) is 25.7 Å². The topological polar surface area (TPSA) is 67.2 Å². The second kappa shape index (κ2) is 8.74. The van der Waals surface area contributed by atoms with Gasteiger partial charge in [-0.15, -0.1) is 0 Å². The van der Waals surface area contributed by atoms with E-state index in [1.807, 2.05) is 6.92 Å². The number of nitrogens with one attached hydrogen (secondary N) is 2. The van der Waals surface area contributed by atoms with Crippen LogP contribution >= 0.6 is 12.2 Å². The average Bonchev–Trinajstić information content (AvgIpc) is 2.13. The smallest absolute Gasteiger partial charge is 0.314 e. The minimum absolute atomic E-state index is 0.0952. The van der Waals surface area contributed by atoms with E-state index in [0.29, 0.717) is 11.5 Å². The summed E-state index contributed by atoms with van der Waals surface area (Å²) in [6, 6.07) is -0.0952. The molecular formula is C9H19N3OS. The zero-order valence-corrected chi connectivity index (χ0v) is 9.45. The van der Waals surface area contributed by atoms with Gasteiger partial charge in [-0.25, -0.2) is 4.79 Å². The van der Waals surface area contributed by atoms with E-state index in [1.54, 1.807) is 0 Å². The highest BCUT2D eigenvalue weighted by Crippen LogP contribution is 1.93. The Labute approximate surface area is 90.6 Å². The Hall–Kier alpha value is -0.840. The van der Waals surface area contributed by atoms with Crippen LogP contribution in [0.1, 0.15) is 32.6 Å². The van der Waals surface area contributed by atoms with Crippen LogP contribution in [0.3, 0.4) is 0 Å². The summed E-state index contributed by atoms with van der Waals surface area (Å²) in [5.41, 5.74) is 5.33.